The van der Waals surface area contributed by atoms with E-state index >= 15 is 0 Å². The second-order valence-electron chi connectivity index (χ2n) is 7.66. The summed E-state index contributed by atoms with van der Waals surface area (Å²) >= 11 is 0. The molecule has 2 saturated heterocycles. The van der Waals surface area contributed by atoms with Gasteiger partial charge in [-0.15, -0.1) is 12.4 Å². The Kier molecular flexibility index (Phi) is 6.27. The predicted octanol–water partition coefficient (Wildman–Crippen LogP) is 1.70. The fourth-order valence-electron chi connectivity index (χ4n) is 3.30. The lowest BCUT2D eigenvalue weighted by atomic mass is 9.95. The van der Waals surface area contributed by atoms with Gasteiger partial charge in [-0.3, -0.25) is 9.59 Å². The van der Waals surface area contributed by atoms with E-state index in [1.54, 1.807) is 6.92 Å². The predicted molar refractivity (Wildman–Crippen MR) is 90.0 cm³/mol. The Morgan fingerprint density at radius 2 is 1.68 bits per heavy atom. The maximum absolute atomic E-state index is 12.5. The lowest BCUT2D eigenvalue weighted by Gasteiger charge is -2.37. The summed E-state index contributed by atoms with van der Waals surface area (Å²) in [6.07, 6.45) is 4.50. The molecule has 128 valence electrons. The van der Waals surface area contributed by atoms with Gasteiger partial charge < -0.3 is 15.5 Å². The van der Waals surface area contributed by atoms with Gasteiger partial charge in [0, 0.05) is 30.6 Å². The fourth-order valence-corrected chi connectivity index (χ4v) is 3.30. The minimum Gasteiger partial charge on any atom is -0.344 e. The van der Waals surface area contributed by atoms with Gasteiger partial charge in [-0.25, -0.2) is 0 Å². The zero-order valence-corrected chi connectivity index (χ0v) is 15.1. The third kappa shape index (κ3) is 4.35. The summed E-state index contributed by atoms with van der Waals surface area (Å²) in [4.78, 5) is 26.4. The van der Waals surface area contributed by atoms with Crippen LogP contribution >= 0.6 is 12.4 Å². The number of likely N-dealkylation sites (N-methyl/N-ethyl adjacent to an activating group) is 1. The first-order valence-corrected chi connectivity index (χ1v) is 8.02. The molecule has 2 fully saturated rings. The van der Waals surface area contributed by atoms with Crippen molar-refractivity contribution in [3.8, 4) is 0 Å². The van der Waals surface area contributed by atoms with E-state index in [9.17, 15) is 9.59 Å². The van der Waals surface area contributed by atoms with Crippen molar-refractivity contribution in [1.29, 1.82) is 0 Å². The highest BCUT2D eigenvalue weighted by Crippen LogP contribution is 2.29. The first kappa shape index (κ1) is 19.2. The molecule has 0 aromatic heterocycles. The number of nitrogens with one attached hydrogen (secondary N) is 2. The molecule has 2 heterocycles. The third-order valence-electron chi connectivity index (χ3n) is 4.74. The van der Waals surface area contributed by atoms with Crippen molar-refractivity contribution in [2.75, 3.05) is 7.05 Å². The molecule has 6 heteroatoms. The summed E-state index contributed by atoms with van der Waals surface area (Å²) < 4.78 is 0. The first-order valence-electron chi connectivity index (χ1n) is 8.02. The number of carbonyl (C=O) groups excluding carboxylic acids is 2. The van der Waals surface area contributed by atoms with Gasteiger partial charge in [0.25, 0.3) is 0 Å². The number of hydrogen-bond donors (Lipinski definition) is 2. The standard InChI is InChI=1S/C16H29N3O2.ClH/c1-10(17-15(21)16(2,3)4)14(20)19(5)13-8-11-6-7-12(9-13)18-11;/h10-13,18H,6-9H2,1-5H3,(H,17,21);1H. The SMILES string of the molecule is CC(NC(=O)C(C)(C)C)C(=O)N(C)C1CC2CCC(C1)N2.Cl. The van der Waals surface area contributed by atoms with Crippen molar-refractivity contribution in [2.24, 2.45) is 5.41 Å². The van der Waals surface area contributed by atoms with E-state index in [0.29, 0.717) is 18.1 Å². The Labute approximate surface area is 140 Å². The number of rotatable bonds is 3. The Hall–Kier alpha value is -0.810. The van der Waals surface area contributed by atoms with Crippen molar-refractivity contribution in [3.05, 3.63) is 0 Å². The highest BCUT2D eigenvalue weighted by molar-refractivity contribution is 5.89. The Balaban J connectivity index is 0.00000242. The number of nitrogens with zero attached hydrogens (tertiary/aromatic N) is 1. The molecule has 0 aromatic rings. The number of halogens is 1. The number of fused-ring (bicyclic) bond motifs is 2. The molecule has 2 amide bonds. The minimum atomic E-state index is -0.471. The van der Waals surface area contributed by atoms with Crippen LogP contribution in [0.2, 0.25) is 0 Å². The molecule has 2 N–H and O–H groups in total. The quantitative estimate of drug-likeness (QED) is 0.827. The normalized spacial score (nSPS) is 28.5. The minimum absolute atomic E-state index is 0. The van der Waals surface area contributed by atoms with Crippen molar-refractivity contribution in [2.45, 2.75) is 77.5 Å². The Bertz CT molecular complexity index is 410. The van der Waals surface area contributed by atoms with Crippen molar-refractivity contribution >= 4 is 24.2 Å². The van der Waals surface area contributed by atoms with Gasteiger partial charge >= 0.3 is 0 Å². The van der Waals surface area contributed by atoms with Gasteiger partial charge in [-0.05, 0) is 32.6 Å². The molecule has 2 aliphatic rings. The van der Waals surface area contributed by atoms with Gasteiger partial charge in [0.05, 0.1) is 0 Å². The molecule has 3 atom stereocenters. The molecule has 0 saturated carbocycles. The smallest absolute Gasteiger partial charge is 0.244 e. The zero-order valence-electron chi connectivity index (χ0n) is 14.3. The first-order chi connectivity index (χ1) is 9.68. The molecule has 0 aliphatic carbocycles. The summed E-state index contributed by atoms with van der Waals surface area (Å²) in [7, 11) is 1.87. The van der Waals surface area contributed by atoms with E-state index in [0.717, 1.165) is 12.8 Å². The van der Waals surface area contributed by atoms with Crippen LogP contribution in [0.15, 0.2) is 0 Å². The summed E-state index contributed by atoms with van der Waals surface area (Å²) in [6, 6.07) is 0.950. The molecule has 3 unspecified atom stereocenters. The second-order valence-corrected chi connectivity index (χ2v) is 7.66. The average molecular weight is 332 g/mol. The average Bonchev–Trinajstić information content (AvgIpc) is 2.74. The van der Waals surface area contributed by atoms with Crippen LogP contribution in [-0.4, -0.2) is 47.9 Å². The van der Waals surface area contributed by atoms with Crippen LogP contribution in [0.25, 0.3) is 0 Å². The maximum atomic E-state index is 12.5. The van der Waals surface area contributed by atoms with Crippen LogP contribution in [0.3, 0.4) is 0 Å². The molecule has 0 spiro atoms. The summed E-state index contributed by atoms with van der Waals surface area (Å²) in [5, 5.41) is 6.42. The number of hydrogen-bond acceptors (Lipinski definition) is 3. The van der Waals surface area contributed by atoms with E-state index in [1.807, 2.05) is 32.7 Å². The second kappa shape index (κ2) is 7.18. The highest BCUT2D eigenvalue weighted by atomic mass is 35.5. The van der Waals surface area contributed by atoms with Crippen LogP contribution in [0.4, 0.5) is 0 Å². The molecular formula is C16H30ClN3O2. The van der Waals surface area contributed by atoms with Crippen molar-refractivity contribution < 1.29 is 9.59 Å². The number of piperidine rings is 1. The molecule has 2 rings (SSSR count). The largest absolute Gasteiger partial charge is 0.344 e. The van der Waals surface area contributed by atoms with Crippen molar-refractivity contribution in [3.63, 3.8) is 0 Å². The zero-order chi connectivity index (χ0) is 15.8. The van der Waals surface area contributed by atoms with Crippen LogP contribution < -0.4 is 10.6 Å². The van der Waals surface area contributed by atoms with E-state index < -0.39 is 11.5 Å². The summed E-state index contributed by atoms with van der Waals surface area (Å²) in [5.74, 6) is -0.0685. The molecule has 0 radical (unpaired) electrons. The molecule has 2 aliphatic heterocycles. The van der Waals surface area contributed by atoms with Gasteiger partial charge in [0.1, 0.15) is 6.04 Å². The van der Waals surface area contributed by atoms with Crippen LogP contribution in [-0.2, 0) is 9.59 Å². The summed E-state index contributed by atoms with van der Waals surface area (Å²) in [6.45, 7) is 7.34. The van der Waals surface area contributed by atoms with Crippen molar-refractivity contribution in [1.82, 2.24) is 15.5 Å². The summed E-state index contributed by atoms with van der Waals surface area (Å²) in [5.41, 5.74) is -0.471. The number of amides is 2. The van der Waals surface area contributed by atoms with Gasteiger partial charge in [0.15, 0.2) is 0 Å². The van der Waals surface area contributed by atoms with Crippen LogP contribution in [0.5, 0.6) is 0 Å². The molecular weight excluding hydrogens is 302 g/mol. The molecule has 2 bridgehead atoms. The van der Waals surface area contributed by atoms with E-state index in [2.05, 4.69) is 10.6 Å². The van der Waals surface area contributed by atoms with E-state index in [1.165, 1.54) is 12.8 Å². The fraction of sp³-hybridized carbons (Fsp3) is 0.875. The molecule has 5 nitrogen and oxygen atoms in total. The molecule has 22 heavy (non-hydrogen) atoms. The highest BCUT2D eigenvalue weighted by Gasteiger charge is 2.37. The van der Waals surface area contributed by atoms with E-state index in [4.69, 9.17) is 0 Å². The number of carbonyl (C=O) groups is 2. The molecule has 0 aromatic carbocycles. The third-order valence-corrected chi connectivity index (χ3v) is 4.74. The topological polar surface area (TPSA) is 61.4 Å². The van der Waals surface area contributed by atoms with Crippen LogP contribution in [0, 0.1) is 5.41 Å². The van der Waals surface area contributed by atoms with Gasteiger partial charge in [-0.2, -0.15) is 0 Å². The Morgan fingerprint density at radius 3 is 2.14 bits per heavy atom. The maximum Gasteiger partial charge on any atom is 0.244 e. The lowest BCUT2D eigenvalue weighted by Crippen LogP contribution is -2.54. The van der Waals surface area contributed by atoms with Gasteiger partial charge in [-0.1, -0.05) is 20.8 Å². The lowest BCUT2D eigenvalue weighted by molar-refractivity contribution is -0.139. The van der Waals surface area contributed by atoms with E-state index in [-0.39, 0.29) is 24.2 Å². The van der Waals surface area contributed by atoms with Crippen LogP contribution in [0.1, 0.15) is 53.4 Å². The monoisotopic (exact) mass is 331 g/mol. The van der Waals surface area contributed by atoms with Gasteiger partial charge in [0.2, 0.25) is 11.8 Å². The Morgan fingerprint density at radius 1 is 1.18 bits per heavy atom.